The summed E-state index contributed by atoms with van der Waals surface area (Å²) in [5, 5.41) is 0. The van der Waals surface area contributed by atoms with E-state index in [-0.39, 0.29) is 0 Å². The Balaban J connectivity index is 2.74. The van der Waals surface area contributed by atoms with E-state index in [2.05, 4.69) is 52.7 Å². The van der Waals surface area contributed by atoms with Crippen LogP contribution in [-0.2, 0) is 0 Å². The molecule has 1 aliphatic rings. The van der Waals surface area contributed by atoms with Crippen molar-refractivity contribution in [2.24, 2.45) is 0 Å². The standard InChI is InChI=1S/C4H4Br3NS/c1-8-2(5)3(6)9-4(8)7/h4H,1H3. The predicted molar refractivity (Wildman–Crippen MR) is 52.9 cm³/mol. The summed E-state index contributed by atoms with van der Waals surface area (Å²) in [6.07, 6.45) is 0. The first kappa shape index (κ1) is 8.43. The van der Waals surface area contributed by atoms with Crippen LogP contribution in [0.4, 0.5) is 0 Å². The molecule has 1 aliphatic heterocycles. The Morgan fingerprint density at radius 2 is 2.11 bits per heavy atom. The lowest BCUT2D eigenvalue weighted by atomic mass is 10.9. The quantitative estimate of drug-likeness (QED) is 0.493. The Bertz CT molecular complexity index is 158. The van der Waals surface area contributed by atoms with Gasteiger partial charge in [0.1, 0.15) is 8.89 Å². The number of hydrogen-bond donors (Lipinski definition) is 0. The van der Waals surface area contributed by atoms with Gasteiger partial charge in [-0.25, -0.2) is 0 Å². The lowest BCUT2D eigenvalue weighted by molar-refractivity contribution is 0.520. The topological polar surface area (TPSA) is 3.24 Å². The molecule has 0 radical (unpaired) electrons. The highest BCUT2D eigenvalue weighted by molar-refractivity contribution is 9.17. The Morgan fingerprint density at radius 1 is 1.56 bits per heavy atom. The van der Waals surface area contributed by atoms with Gasteiger partial charge in [-0.05, 0) is 31.9 Å². The lowest BCUT2D eigenvalue weighted by Crippen LogP contribution is -2.15. The third-order valence-electron chi connectivity index (χ3n) is 0.977. The van der Waals surface area contributed by atoms with Crippen LogP contribution in [0.1, 0.15) is 0 Å². The molecule has 5 heteroatoms. The van der Waals surface area contributed by atoms with Crippen molar-refractivity contribution in [2.45, 2.75) is 4.28 Å². The molecular formula is C4H4Br3NS. The first-order chi connectivity index (χ1) is 4.13. The fraction of sp³-hybridized carbons (Fsp3) is 0.500. The van der Waals surface area contributed by atoms with Gasteiger partial charge in [0.15, 0.2) is 0 Å². The average molecular weight is 338 g/mol. The Hall–Kier alpha value is 1.33. The summed E-state index contributed by atoms with van der Waals surface area (Å²) in [5.74, 6) is 0. The van der Waals surface area contributed by atoms with Crippen LogP contribution in [0.15, 0.2) is 8.42 Å². The van der Waals surface area contributed by atoms with Crippen molar-refractivity contribution in [3.63, 3.8) is 0 Å². The van der Waals surface area contributed by atoms with Gasteiger partial charge in [0, 0.05) is 7.05 Å². The van der Waals surface area contributed by atoms with E-state index >= 15 is 0 Å². The van der Waals surface area contributed by atoms with E-state index in [1.165, 1.54) is 0 Å². The van der Waals surface area contributed by atoms with Crippen molar-refractivity contribution in [3.8, 4) is 0 Å². The second-order valence-corrected chi connectivity index (χ2v) is 6.22. The summed E-state index contributed by atoms with van der Waals surface area (Å²) in [7, 11) is 2.02. The van der Waals surface area contributed by atoms with Crippen LogP contribution < -0.4 is 0 Å². The van der Waals surface area contributed by atoms with Crippen LogP contribution in [-0.4, -0.2) is 16.2 Å². The summed E-state index contributed by atoms with van der Waals surface area (Å²) in [4.78, 5) is 2.09. The molecule has 1 unspecified atom stereocenters. The van der Waals surface area contributed by atoms with Crippen molar-refractivity contribution in [3.05, 3.63) is 8.42 Å². The van der Waals surface area contributed by atoms with Gasteiger partial charge in [-0.15, -0.1) is 0 Å². The van der Waals surface area contributed by atoms with Crippen LogP contribution in [0.5, 0.6) is 0 Å². The molecule has 1 heterocycles. The van der Waals surface area contributed by atoms with Crippen molar-refractivity contribution in [1.29, 1.82) is 0 Å². The molecule has 0 bridgehead atoms. The lowest BCUT2D eigenvalue weighted by Gasteiger charge is -2.14. The molecule has 0 spiro atoms. The molecule has 1 rings (SSSR count). The summed E-state index contributed by atoms with van der Waals surface area (Å²) in [5.41, 5.74) is 0. The molecule has 0 saturated carbocycles. The van der Waals surface area contributed by atoms with E-state index in [4.69, 9.17) is 0 Å². The molecule has 1 nitrogen and oxygen atoms in total. The normalized spacial score (nSPS) is 28.0. The van der Waals surface area contributed by atoms with Gasteiger partial charge in [0.2, 0.25) is 0 Å². The van der Waals surface area contributed by atoms with Crippen molar-refractivity contribution in [2.75, 3.05) is 7.05 Å². The van der Waals surface area contributed by atoms with Crippen LogP contribution >= 0.6 is 59.6 Å². The zero-order valence-corrected chi connectivity index (χ0v) is 10.1. The Kier molecular flexibility index (Phi) is 2.95. The highest BCUT2D eigenvalue weighted by atomic mass is 79.9. The van der Waals surface area contributed by atoms with Crippen molar-refractivity contribution >= 4 is 59.6 Å². The van der Waals surface area contributed by atoms with Gasteiger partial charge in [-0.1, -0.05) is 27.7 Å². The third kappa shape index (κ3) is 1.67. The van der Waals surface area contributed by atoms with Gasteiger partial charge < -0.3 is 4.90 Å². The maximum atomic E-state index is 3.47. The SMILES string of the molecule is CN1C(Br)=C(Br)SC1Br. The highest BCUT2D eigenvalue weighted by Crippen LogP contribution is 2.45. The maximum Gasteiger partial charge on any atom is 0.136 e. The molecule has 0 aromatic carbocycles. The largest absolute Gasteiger partial charge is 0.346 e. The van der Waals surface area contributed by atoms with E-state index in [1.54, 1.807) is 11.8 Å². The summed E-state index contributed by atoms with van der Waals surface area (Å²) >= 11 is 12.0. The smallest absolute Gasteiger partial charge is 0.136 e. The molecule has 0 aromatic heterocycles. The molecule has 1 atom stereocenters. The molecule has 0 fully saturated rings. The molecule has 9 heavy (non-hydrogen) atoms. The first-order valence-electron chi connectivity index (χ1n) is 2.22. The van der Waals surface area contributed by atoms with Gasteiger partial charge in [-0.2, -0.15) is 0 Å². The van der Waals surface area contributed by atoms with E-state index in [0.29, 0.717) is 4.28 Å². The minimum Gasteiger partial charge on any atom is -0.346 e. The number of hydrogen-bond acceptors (Lipinski definition) is 2. The zero-order valence-electron chi connectivity index (χ0n) is 4.57. The van der Waals surface area contributed by atoms with Gasteiger partial charge >= 0.3 is 0 Å². The molecule has 52 valence electrons. The van der Waals surface area contributed by atoms with Gasteiger partial charge in [0.05, 0.1) is 3.81 Å². The minimum absolute atomic E-state index is 0.362. The number of halogens is 3. The minimum atomic E-state index is 0.362. The first-order valence-corrected chi connectivity index (χ1v) is 5.60. The number of nitrogens with zero attached hydrogens (tertiary/aromatic N) is 1. The summed E-state index contributed by atoms with van der Waals surface area (Å²) in [6, 6.07) is 0. The molecule has 0 amide bonds. The number of thioether (sulfide) groups is 1. The molecular weight excluding hydrogens is 334 g/mol. The highest BCUT2D eigenvalue weighted by Gasteiger charge is 2.24. The van der Waals surface area contributed by atoms with E-state index < -0.39 is 0 Å². The fourth-order valence-electron chi connectivity index (χ4n) is 0.441. The van der Waals surface area contributed by atoms with Gasteiger partial charge in [0.25, 0.3) is 0 Å². The second kappa shape index (κ2) is 3.15. The van der Waals surface area contributed by atoms with Crippen LogP contribution in [0.25, 0.3) is 0 Å². The predicted octanol–water partition coefficient (Wildman–Crippen LogP) is 3.26. The maximum absolute atomic E-state index is 3.47. The Labute approximate surface area is 83.6 Å². The van der Waals surface area contributed by atoms with Crippen molar-refractivity contribution in [1.82, 2.24) is 4.90 Å². The third-order valence-corrected chi connectivity index (χ3v) is 5.75. The van der Waals surface area contributed by atoms with E-state index in [0.717, 1.165) is 8.42 Å². The molecule has 0 aromatic rings. The van der Waals surface area contributed by atoms with Crippen LogP contribution in [0.2, 0.25) is 0 Å². The van der Waals surface area contributed by atoms with E-state index in [9.17, 15) is 0 Å². The summed E-state index contributed by atoms with van der Waals surface area (Å²) < 4.78 is 2.61. The van der Waals surface area contributed by atoms with Crippen LogP contribution in [0, 0.1) is 0 Å². The van der Waals surface area contributed by atoms with E-state index in [1.807, 2.05) is 7.05 Å². The molecule has 0 saturated heterocycles. The summed E-state index contributed by atoms with van der Waals surface area (Å²) in [6.45, 7) is 0. The average Bonchev–Trinajstić information content (AvgIpc) is 1.98. The number of alkyl halides is 1. The molecule has 0 aliphatic carbocycles. The second-order valence-electron chi connectivity index (χ2n) is 1.59. The van der Waals surface area contributed by atoms with Gasteiger partial charge in [-0.3, -0.25) is 0 Å². The monoisotopic (exact) mass is 335 g/mol. The van der Waals surface area contributed by atoms with Crippen LogP contribution in [0.3, 0.4) is 0 Å². The van der Waals surface area contributed by atoms with Crippen molar-refractivity contribution < 1.29 is 0 Å². The number of rotatable bonds is 0. The Morgan fingerprint density at radius 3 is 2.22 bits per heavy atom. The fourth-order valence-corrected chi connectivity index (χ4v) is 4.34. The zero-order chi connectivity index (χ0) is 7.02. The molecule has 0 N–H and O–H groups in total.